The molecule has 1 rings (SSSR count). The largest absolute Gasteiger partial charge is 0.179 e. The van der Waals surface area contributed by atoms with Gasteiger partial charge in [0, 0.05) is 29.4 Å². The fourth-order valence-electron chi connectivity index (χ4n) is 0.408. The zero-order valence-electron chi connectivity index (χ0n) is 4.01. The lowest BCUT2D eigenvalue weighted by Crippen LogP contribution is -1.99. The van der Waals surface area contributed by atoms with Crippen LogP contribution in [-0.4, -0.2) is 10.7 Å². The third kappa shape index (κ3) is 1.39. The Bertz CT molecular complexity index is 141. The monoisotopic (exact) mass is 150 g/mol. The van der Waals surface area contributed by atoms with Crippen LogP contribution >= 0.6 is 23.4 Å². The lowest BCUT2D eigenvalue weighted by atomic mass is 10.4. The van der Waals surface area contributed by atoms with Gasteiger partial charge in [-0.1, -0.05) is 11.6 Å². The molecule has 44 valence electrons. The van der Waals surface area contributed by atoms with E-state index >= 15 is 0 Å². The smallest absolute Gasteiger partial charge is 0.0570 e. The highest BCUT2D eigenvalue weighted by Gasteiger charge is 1.98. The Hall–Kier alpha value is -0.210. The third-order valence-corrected chi connectivity index (χ3v) is 1.16. The molecule has 0 saturated heterocycles. The number of hydrogen-bond acceptors (Lipinski definition) is 2. The molecule has 0 bridgehead atoms. The number of rotatable bonds is 0. The molecule has 0 aliphatic carbocycles. The molecular formula is C4H4Cl2N2. The van der Waals surface area contributed by atoms with Gasteiger partial charge in [-0.15, -0.1) is 0 Å². The first kappa shape index (κ1) is 5.92. The quantitative estimate of drug-likeness (QED) is 0.482. The number of allylic oxidation sites excluding steroid dienone is 1. The normalized spacial score (nSPS) is 18.8. The molecule has 0 spiro atoms. The third-order valence-electron chi connectivity index (χ3n) is 0.725. The fourth-order valence-corrected chi connectivity index (χ4v) is 0.799. The summed E-state index contributed by atoms with van der Waals surface area (Å²) in [6.45, 7) is 0. The van der Waals surface area contributed by atoms with E-state index in [4.69, 9.17) is 23.4 Å². The van der Waals surface area contributed by atoms with Crippen LogP contribution in [0.4, 0.5) is 0 Å². The van der Waals surface area contributed by atoms with Crippen molar-refractivity contribution in [2.24, 2.45) is 5.10 Å². The van der Waals surface area contributed by atoms with Crippen LogP contribution in [0.25, 0.3) is 0 Å². The minimum absolute atomic E-state index is 0.685. The van der Waals surface area contributed by atoms with Gasteiger partial charge in [0.15, 0.2) is 0 Å². The van der Waals surface area contributed by atoms with E-state index in [-0.39, 0.29) is 0 Å². The van der Waals surface area contributed by atoms with Crippen molar-refractivity contribution in [3.63, 3.8) is 0 Å². The summed E-state index contributed by atoms with van der Waals surface area (Å²) < 4.78 is 1.16. The van der Waals surface area contributed by atoms with E-state index < -0.39 is 0 Å². The van der Waals surface area contributed by atoms with Crippen molar-refractivity contribution >= 4 is 29.6 Å². The molecule has 0 aromatic carbocycles. The molecule has 0 atom stereocenters. The first-order valence-electron chi connectivity index (χ1n) is 2.12. The molecule has 2 nitrogen and oxygen atoms in total. The molecule has 4 heteroatoms. The van der Waals surface area contributed by atoms with E-state index in [1.165, 1.54) is 0 Å². The van der Waals surface area contributed by atoms with E-state index in [0.717, 1.165) is 4.53 Å². The summed E-state index contributed by atoms with van der Waals surface area (Å²) in [5.41, 5.74) is 0. The second-order valence-electron chi connectivity index (χ2n) is 1.37. The summed E-state index contributed by atoms with van der Waals surface area (Å²) in [4.78, 5) is 0. The topological polar surface area (TPSA) is 15.6 Å². The predicted molar refractivity (Wildman–Crippen MR) is 34.7 cm³/mol. The van der Waals surface area contributed by atoms with E-state index in [0.29, 0.717) is 11.5 Å². The van der Waals surface area contributed by atoms with Gasteiger partial charge >= 0.3 is 0 Å². The van der Waals surface area contributed by atoms with E-state index in [1.54, 1.807) is 12.4 Å². The molecule has 0 aromatic heterocycles. The molecule has 0 N–H and O–H groups in total. The van der Waals surface area contributed by atoms with Crippen LogP contribution < -0.4 is 0 Å². The Morgan fingerprint density at radius 2 is 2.50 bits per heavy atom. The van der Waals surface area contributed by atoms with Gasteiger partial charge in [0.1, 0.15) is 0 Å². The maximum Gasteiger partial charge on any atom is 0.0570 e. The highest BCUT2D eigenvalue weighted by Crippen LogP contribution is 2.13. The van der Waals surface area contributed by atoms with Gasteiger partial charge in [-0.2, -0.15) is 9.63 Å². The Kier molecular flexibility index (Phi) is 1.76. The van der Waals surface area contributed by atoms with Gasteiger partial charge in [0.25, 0.3) is 0 Å². The molecule has 1 aliphatic heterocycles. The standard InChI is InChI=1S/C4H4Cl2N2/c5-4-1-2-7-8(6)3-4/h2-3H,1H2. The number of nitrogens with zero attached hydrogens (tertiary/aromatic N) is 2. The van der Waals surface area contributed by atoms with Crippen LogP contribution in [0.5, 0.6) is 0 Å². The molecule has 0 fully saturated rings. The predicted octanol–water partition coefficient (Wildman–Crippen LogP) is 1.91. The molecule has 0 saturated carbocycles. The van der Waals surface area contributed by atoms with E-state index in [9.17, 15) is 0 Å². The van der Waals surface area contributed by atoms with E-state index in [2.05, 4.69) is 5.10 Å². The summed E-state index contributed by atoms with van der Waals surface area (Å²) in [7, 11) is 0. The lowest BCUT2D eigenvalue weighted by Gasteiger charge is -2.06. The minimum atomic E-state index is 0.685. The second-order valence-corrected chi connectivity index (χ2v) is 2.20. The molecule has 1 aliphatic rings. The van der Waals surface area contributed by atoms with E-state index in [1.807, 2.05) is 0 Å². The molecule has 0 aromatic rings. The zero-order valence-corrected chi connectivity index (χ0v) is 5.52. The second kappa shape index (κ2) is 2.37. The highest BCUT2D eigenvalue weighted by atomic mass is 35.5. The van der Waals surface area contributed by atoms with Gasteiger partial charge in [0.2, 0.25) is 0 Å². The highest BCUT2D eigenvalue weighted by molar-refractivity contribution is 6.31. The molecule has 0 amide bonds. The van der Waals surface area contributed by atoms with Crippen molar-refractivity contribution in [2.45, 2.75) is 6.42 Å². The maximum atomic E-state index is 5.56. The average Bonchev–Trinajstić information content (AvgIpc) is 1.64. The molecule has 0 unspecified atom stereocenters. The molecule has 0 radical (unpaired) electrons. The maximum absolute atomic E-state index is 5.56. The van der Waals surface area contributed by atoms with Gasteiger partial charge < -0.3 is 0 Å². The van der Waals surface area contributed by atoms with Crippen LogP contribution in [0.15, 0.2) is 16.3 Å². The summed E-state index contributed by atoms with van der Waals surface area (Å²) in [6.07, 6.45) is 3.89. The number of hydrogen-bond donors (Lipinski definition) is 0. The molecule has 1 heterocycles. The van der Waals surface area contributed by atoms with Gasteiger partial charge in [-0.25, -0.2) is 0 Å². The van der Waals surface area contributed by atoms with Crippen LogP contribution in [0.3, 0.4) is 0 Å². The minimum Gasteiger partial charge on any atom is -0.179 e. The van der Waals surface area contributed by atoms with Gasteiger partial charge in [-0.3, -0.25) is 0 Å². The van der Waals surface area contributed by atoms with Gasteiger partial charge in [-0.05, 0) is 0 Å². The van der Waals surface area contributed by atoms with Crippen LogP contribution in [0, 0.1) is 0 Å². The summed E-state index contributed by atoms with van der Waals surface area (Å²) in [6, 6.07) is 0. The van der Waals surface area contributed by atoms with Crippen LogP contribution in [0.2, 0.25) is 0 Å². The number of hydrazone groups is 1. The van der Waals surface area contributed by atoms with Crippen molar-refractivity contribution < 1.29 is 0 Å². The Labute approximate surface area is 57.5 Å². The fraction of sp³-hybridized carbons (Fsp3) is 0.250. The van der Waals surface area contributed by atoms with Crippen molar-refractivity contribution in [3.05, 3.63) is 11.2 Å². The van der Waals surface area contributed by atoms with Crippen LogP contribution in [-0.2, 0) is 0 Å². The zero-order chi connectivity index (χ0) is 5.98. The summed E-state index contributed by atoms with van der Waals surface area (Å²) in [5.74, 6) is 0. The first-order chi connectivity index (χ1) is 3.79. The SMILES string of the molecule is ClC1=CN(Cl)N=CC1. The average molecular weight is 151 g/mol. The van der Waals surface area contributed by atoms with Gasteiger partial charge in [0.05, 0.1) is 6.20 Å². The van der Waals surface area contributed by atoms with Crippen molar-refractivity contribution in [3.8, 4) is 0 Å². The Morgan fingerprint density at radius 1 is 1.75 bits per heavy atom. The Balaban J connectivity index is 2.60. The Morgan fingerprint density at radius 3 is 2.88 bits per heavy atom. The van der Waals surface area contributed by atoms with Crippen LogP contribution in [0.1, 0.15) is 6.42 Å². The summed E-state index contributed by atoms with van der Waals surface area (Å²) in [5, 5.41) is 4.40. The molecule has 8 heavy (non-hydrogen) atoms. The van der Waals surface area contributed by atoms with Crippen molar-refractivity contribution in [2.75, 3.05) is 0 Å². The van der Waals surface area contributed by atoms with Crippen molar-refractivity contribution in [1.82, 2.24) is 4.53 Å². The lowest BCUT2D eigenvalue weighted by molar-refractivity contribution is 0.645. The number of halogens is 2. The molecular weight excluding hydrogens is 147 g/mol. The first-order valence-corrected chi connectivity index (χ1v) is 2.84. The summed E-state index contributed by atoms with van der Waals surface area (Å²) >= 11 is 10.9. The van der Waals surface area contributed by atoms with Crippen molar-refractivity contribution in [1.29, 1.82) is 0 Å².